The number of carboxylic acids is 1. The van der Waals surface area contributed by atoms with Gasteiger partial charge in [-0.25, -0.2) is 0 Å². The Balaban J connectivity index is 4.21. The van der Waals surface area contributed by atoms with Gasteiger partial charge >= 0.3 is 0 Å². The third-order valence-electron chi connectivity index (χ3n) is 0.541. The summed E-state index contributed by atoms with van der Waals surface area (Å²) < 4.78 is 27.5. The van der Waals surface area contributed by atoms with E-state index in [1.54, 1.807) is 0 Å². The highest BCUT2D eigenvalue weighted by Crippen LogP contribution is 1.81. The molecular formula is C3H3O6S-. The molecule has 0 aromatic rings. The minimum Gasteiger partial charge on any atom is -0.542 e. The second kappa shape index (κ2) is 2.76. The molecule has 0 rings (SSSR count). The Morgan fingerprint density at radius 2 is 1.80 bits per heavy atom. The predicted molar refractivity (Wildman–Crippen MR) is 26.4 cm³/mol. The summed E-state index contributed by atoms with van der Waals surface area (Å²) in [4.78, 5) is 19.5. The van der Waals surface area contributed by atoms with Crippen LogP contribution in [0.2, 0.25) is 0 Å². The molecule has 0 aliphatic carbocycles. The molecule has 1 N–H and O–H groups in total. The fraction of sp³-hybridized carbons (Fsp3) is 0.333. The second-order valence-electron chi connectivity index (χ2n) is 1.44. The number of aliphatic carboxylic acids is 1. The van der Waals surface area contributed by atoms with Gasteiger partial charge in [-0.2, -0.15) is 8.42 Å². The van der Waals surface area contributed by atoms with E-state index in [4.69, 9.17) is 4.55 Å². The van der Waals surface area contributed by atoms with Gasteiger partial charge in [-0.1, -0.05) is 0 Å². The minimum absolute atomic E-state index is 1.44. The average Bonchev–Trinajstić information content (AvgIpc) is 1.60. The van der Waals surface area contributed by atoms with Gasteiger partial charge in [0.1, 0.15) is 11.7 Å². The topological polar surface area (TPSA) is 112 Å². The summed E-state index contributed by atoms with van der Waals surface area (Å²) in [6.45, 7) is 0. The first kappa shape index (κ1) is 9.05. The summed E-state index contributed by atoms with van der Waals surface area (Å²) in [5, 5.41) is 9.54. The molecule has 0 heterocycles. The molecule has 0 aliphatic heterocycles. The van der Waals surface area contributed by atoms with Gasteiger partial charge in [-0.3, -0.25) is 9.35 Å². The predicted octanol–water partition coefficient (Wildman–Crippen LogP) is -2.81. The lowest BCUT2D eigenvalue weighted by Crippen LogP contribution is -2.35. The van der Waals surface area contributed by atoms with E-state index in [0.29, 0.717) is 0 Å². The third kappa shape index (κ3) is 3.98. The van der Waals surface area contributed by atoms with Crippen molar-refractivity contribution in [3.8, 4) is 0 Å². The molecule has 10 heavy (non-hydrogen) atoms. The molecule has 0 unspecified atom stereocenters. The monoisotopic (exact) mass is 167 g/mol. The lowest BCUT2D eigenvalue weighted by molar-refractivity contribution is -0.299. The second-order valence-corrected chi connectivity index (χ2v) is 2.89. The van der Waals surface area contributed by atoms with Crippen LogP contribution in [-0.4, -0.2) is 30.5 Å². The zero-order valence-electron chi connectivity index (χ0n) is 4.60. The average molecular weight is 167 g/mol. The Bertz CT molecular complexity index is 248. The Kier molecular flexibility index (Phi) is 2.49. The zero-order chi connectivity index (χ0) is 8.36. The van der Waals surface area contributed by atoms with Crippen LogP contribution in [0.3, 0.4) is 0 Å². The van der Waals surface area contributed by atoms with Crippen molar-refractivity contribution in [2.75, 3.05) is 5.75 Å². The molecule has 0 amide bonds. The molecule has 7 heteroatoms. The van der Waals surface area contributed by atoms with Crippen LogP contribution in [0, 0.1) is 0 Å². The van der Waals surface area contributed by atoms with Gasteiger partial charge in [0.05, 0.1) is 0 Å². The number of carbonyl (C=O) groups excluding carboxylic acids is 2. The summed E-state index contributed by atoms with van der Waals surface area (Å²) in [7, 11) is -4.54. The van der Waals surface area contributed by atoms with Crippen LogP contribution < -0.4 is 5.11 Å². The summed E-state index contributed by atoms with van der Waals surface area (Å²) in [6.07, 6.45) is 0. The first-order chi connectivity index (χ1) is 4.33. The number of carboxylic acid groups (broad SMARTS) is 1. The van der Waals surface area contributed by atoms with Crippen LogP contribution in [0.5, 0.6) is 0 Å². The van der Waals surface area contributed by atoms with Crippen molar-refractivity contribution in [1.82, 2.24) is 0 Å². The van der Waals surface area contributed by atoms with E-state index in [2.05, 4.69) is 0 Å². The Morgan fingerprint density at radius 3 is 1.90 bits per heavy atom. The van der Waals surface area contributed by atoms with Crippen molar-refractivity contribution in [3.05, 3.63) is 0 Å². The van der Waals surface area contributed by atoms with Crippen molar-refractivity contribution in [2.45, 2.75) is 0 Å². The highest BCUT2D eigenvalue weighted by Gasteiger charge is 2.12. The van der Waals surface area contributed by atoms with Crippen LogP contribution in [0.25, 0.3) is 0 Å². The Labute approximate surface area is 56.2 Å². The zero-order valence-corrected chi connectivity index (χ0v) is 5.42. The van der Waals surface area contributed by atoms with E-state index >= 15 is 0 Å². The van der Waals surface area contributed by atoms with Gasteiger partial charge in [-0.15, -0.1) is 0 Å². The van der Waals surface area contributed by atoms with Gasteiger partial charge in [0, 0.05) is 0 Å². The molecule has 0 saturated carbocycles. The summed E-state index contributed by atoms with van der Waals surface area (Å²) in [5.74, 6) is -5.23. The van der Waals surface area contributed by atoms with E-state index in [0.717, 1.165) is 0 Å². The standard InChI is InChI=1S/C3H4O6S/c4-2(3(5)6)1-10(7,8)9/h1H2,(H,5,6)(H,7,8,9)/p-1. The number of Topliss-reactive ketones (excluding diaryl/α,β-unsaturated/α-hetero) is 1. The highest BCUT2D eigenvalue weighted by atomic mass is 32.2. The lowest BCUT2D eigenvalue weighted by Gasteiger charge is -1.96. The number of hydrogen-bond acceptors (Lipinski definition) is 5. The maximum Gasteiger partial charge on any atom is 0.272 e. The number of hydrogen-bond donors (Lipinski definition) is 1. The maximum absolute atomic E-state index is 9.96. The number of carbonyl (C=O) groups is 2. The van der Waals surface area contributed by atoms with Crippen LogP contribution >= 0.6 is 0 Å². The van der Waals surface area contributed by atoms with E-state index < -0.39 is 27.6 Å². The molecule has 0 saturated heterocycles. The Morgan fingerprint density at radius 1 is 1.40 bits per heavy atom. The van der Waals surface area contributed by atoms with Crippen LogP contribution in [0.4, 0.5) is 0 Å². The molecule has 0 fully saturated rings. The van der Waals surface area contributed by atoms with E-state index in [-0.39, 0.29) is 0 Å². The van der Waals surface area contributed by atoms with Gasteiger partial charge < -0.3 is 9.90 Å². The van der Waals surface area contributed by atoms with Crippen molar-refractivity contribution in [1.29, 1.82) is 0 Å². The van der Waals surface area contributed by atoms with Gasteiger partial charge in [-0.05, 0) is 0 Å². The SMILES string of the molecule is O=C([O-])C(=O)CS(=O)(=O)O. The smallest absolute Gasteiger partial charge is 0.272 e. The molecule has 0 bridgehead atoms. The van der Waals surface area contributed by atoms with E-state index in [1.165, 1.54) is 0 Å². The molecule has 0 atom stereocenters. The fourth-order valence-corrected chi connectivity index (χ4v) is 0.674. The third-order valence-corrected chi connectivity index (χ3v) is 1.17. The van der Waals surface area contributed by atoms with Gasteiger partial charge in [0.25, 0.3) is 10.1 Å². The normalized spacial score (nSPS) is 10.9. The molecular weight excluding hydrogens is 164 g/mol. The summed E-state index contributed by atoms with van der Waals surface area (Å²) >= 11 is 0. The highest BCUT2D eigenvalue weighted by molar-refractivity contribution is 7.86. The quantitative estimate of drug-likeness (QED) is 0.358. The Hall–Kier alpha value is -0.950. The lowest BCUT2D eigenvalue weighted by atomic mass is 10.5. The van der Waals surface area contributed by atoms with Crippen LogP contribution in [0.1, 0.15) is 0 Å². The minimum atomic E-state index is -4.54. The number of rotatable bonds is 3. The summed E-state index contributed by atoms with van der Waals surface area (Å²) in [6, 6.07) is 0. The van der Waals surface area contributed by atoms with E-state index in [1.807, 2.05) is 0 Å². The van der Waals surface area contributed by atoms with Gasteiger partial charge in [0.2, 0.25) is 0 Å². The maximum atomic E-state index is 9.96. The van der Waals surface area contributed by atoms with E-state index in [9.17, 15) is 23.1 Å². The van der Waals surface area contributed by atoms with Crippen molar-refractivity contribution in [3.63, 3.8) is 0 Å². The first-order valence-electron chi connectivity index (χ1n) is 2.02. The number of ketones is 1. The van der Waals surface area contributed by atoms with Crippen molar-refractivity contribution in [2.24, 2.45) is 0 Å². The largest absolute Gasteiger partial charge is 0.542 e. The van der Waals surface area contributed by atoms with Crippen molar-refractivity contribution >= 4 is 21.9 Å². The van der Waals surface area contributed by atoms with Gasteiger partial charge in [0.15, 0.2) is 5.78 Å². The summed E-state index contributed by atoms with van der Waals surface area (Å²) in [5.41, 5.74) is 0. The fourth-order valence-electron chi connectivity index (χ4n) is 0.225. The first-order valence-corrected chi connectivity index (χ1v) is 3.63. The van der Waals surface area contributed by atoms with Crippen LogP contribution in [0.15, 0.2) is 0 Å². The molecule has 6 nitrogen and oxygen atoms in total. The molecule has 0 aromatic heterocycles. The molecule has 0 spiro atoms. The van der Waals surface area contributed by atoms with Crippen molar-refractivity contribution < 1.29 is 27.7 Å². The molecule has 0 aromatic carbocycles. The molecule has 58 valence electrons. The van der Waals surface area contributed by atoms with Crippen LogP contribution in [-0.2, 0) is 19.7 Å². The molecule has 0 radical (unpaired) electrons. The molecule has 0 aliphatic rings.